The fraction of sp³-hybridized carbons (Fsp3) is 0.474. The Bertz CT molecular complexity index is 893. The number of rotatable bonds is 6. The molecule has 0 bridgehead atoms. The molecule has 2 aromatic rings. The summed E-state index contributed by atoms with van der Waals surface area (Å²) in [6, 6.07) is 5.31. The van der Waals surface area contributed by atoms with Crippen molar-refractivity contribution in [1.82, 2.24) is 9.78 Å². The molecule has 0 fully saturated rings. The maximum atomic E-state index is 11.5. The number of aliphatic hydroxyl groups excluding tert-OH is 3. The summed E-state index contributed by atoms with van der Waals surface area (Å²) in [6.45, 7) is 1.11. The van der Waals surface area contributed by atoms with Crippen LogP contribution in [0.5, 0.6) is 0 Å². The molecule has 0 saturated heterocycles. The van der Waals surface area contributed by atoms with E-state index >= 15 is 0 Å². The summed E-state index contributed by atoms with van der Waals surface area (Å²) in [5.41, 5.74) is 1.74. The molecular weight excluding hydrogens is 366 g/mol. The summed E-state index contributed by atoms with van der Waals surface area (Å²) in [5, 5.41) is 44.1. The van der Waals surface area contributed by atoms with Crippen molar-refractivity contribution in [2.24, 2.45) is 5.92 Å². The number of aliphatic carboxylic acids is 1. The molecule has 0 spiro atoms. The van der Waals surface area contributed by atoms with Crippen LogP contribution in [0.1, 0.15) is 13.0 Å². The van der Waals surface area contributed by atoms with Crippen LogP contribution in [0.25, 0.3) is 10.9 Å². The number of anilines is 1. The van der Waals surface area contributed by atoms with Gasteiger partial charge in [-0.3, -0.25) is 4.68 Å². The molecule has 9 heteroatoms. The molecule has 1 aliphatic heterocycles. The van der Waals surface area contributed by atoms with Crippen molar-refractivity contribution in [1.29, 1.82) is 0 Å². The number of hydrogen-bond acceptors (Lipinski definition) is 7. The molecule has 0 radical (unpaired) electrons. The Morgan fingerprint density at radius 3 is 2.68 bits per heavy atom. The van der Waals surface area contributed by atoms with Gasteiger partial charge in [-0.15, -0.1) is 0 Å². The summed E-state index contributed by atoms with van der Waals surface area (Å²) in [4.78, 5) is 13.5. The Morgan fingerprint density at radius 2 is 2.07 bits per heavy atom. The topological polar surface area (TPSA) is 128 Å². The molecular formula is C19H25N3O6. The highest BCUT2D eigenvalue weighted by atomic mass is 16.5. The number of benzene rings is 1. The first-order valence-corrected chi connectivity index (χ1v) is 8.98. The number of ether oxygens (including phenoxy) is 1. The second-order valence-corrected chi connectivity index (χ2v) is 7.26. The fourth-order valence-corrected chi connectivity index (χ4v) is 3.40. The highest BCUT2D eigenvalue weighted by Gasteiger charge is 2.41. The molecule has 1 aromatic heterocycles. The molecule has 152 valence electrons. The van der Waals surface area contributed by atoms with Gasteiger partial charge in [-0.1, -0.05) is 6.92 Å². The van der Waals surface area contributed by atoms with Gasteiger partial charge in [-0.2, -0.15) is 5.10 Å². The second kappa shape index (κ2) is 7.78. The van der Waals surface area contributed by atoms with E-state index in [4.69, 9.17) is 9.84 Å². The van der Waals surface area contributed by atoms with Crippen molar-refractivity contribution >= 4 is 22.6 Å². The van der Waals surface area contributed by atoms with E-state index in [0.717, 1.165) is 16.6 Å². The summed E-state index contributed by atoms with van der Waals surface area (Å²) < 4.78 is 7.06. The summed E-state index contributed by atoms with van der Waals surface area (Å²) in [6.07, 6.45) is -0.659. The predicted octanol–water partition coefficient (Wildman–Crippen LogP) is 0.361. The van der Waals surface area contributed by atoms with E-state index in [1.165, 1.54) is 6.08 Å². The number of aromatic nitrogens is 2. The minimum atomic E-state index is -1.45. The van der Waals surface area contributed by atoms with Crippen molar-refractivity contribution in [2.45, 2.75) is 31.3 Å². The summed E-state index contributed by atoms with van der Waals surface area (Å²) >= 11 is 0. The Labute approximate surface area is 162 Å². The zero-order valence-electron chi connectivity index (χ0n) is 15.9. The van der Waals surface area contributed by atoms with Gasteiger partial charge in [0.1, 0.15) is 18.3 Å². The quantitative estimate of drug-likeness (QED) is 0.556. The monoisotopic (exact) mass is 391 g/mol. The van der Waals surface area contributed by atoms with Gasteiger partial charge in [-0.25, -0.2) is 4.79 Å². The van der Waals surface area contributed by atoms with Crippen molar-refractivity contribution in [3.8, 4) is 0 Å². The molecule has 0 saturated carbocycles. The van der Waals surface area contributed by atoms with Crippen LogP contribution in [0.2, 0.25) is 0 Å². The molecule has 1 aromatic carbocycles. The van der Waals surface area contributed by atoms with Crippen LogP contribution in [0.3, 0.4) is 0 Å². The fourth-order valence-electron chi connectivity index (χ4n) is 3.40. The van der Waals surface area contributed by atoms with Crippen LogP contribution < -0.4 is 4.90 Å². The minimum Gasteiger partial charge on any atom is -0.480 e. The molecule has 0 amide bonds. The van der Waals surface area contributed by atoms with E-state index in [2.05, 4.69) is 5.10 Å². The van der Waals surface area contributed by atoms with E-state index in [-0.39, 0.29) is 5.76 Å². The van der Waals surface area contributed by atoms with Crippen LogP contribution in [0.4, 0.5) is 5.69 Å². The van der Waals surface area contributed by atoms with Crippen molar-refractivity contribution in [3.63, 3.8) is 0 Å². The van der Waals surface area contributed by atoms with Crippen LogP contribution in [0, 0.1) is 5.92 Å². The normalized spacial score (nSPS) is 24.4. The number of carboxylic acid groups (broad SMARTS) is 1. The standard InChI is InChI=1S/C19H25N3O6/c1-10-14(7-16(19(26)27)28-18(10)17(25)15(24)9-23)22-8-11-4-5-12(21(2)3)6-13(11)20-22/h4-8,10,14-15,17-18,23-25H,9H2,1-3H3,(H,26,27)/t10-,14+,15?,17?,18-/m1/s1. The maximum absolute atomic E-state index is 11.5. The van der Waals surface area contributed by atoms with Crippen molar-refractivity contribution < 1.29 is 30.0 Å². The molecule has 28 heavy (non-hydrogen) atoms. The minimum absolute atomic E-state index is 0.328. The first-order valence-electron chi connectivity index (χ1n) is 8.98. The molecule has 5 atom stereocenters. The summed E-state index contributed by atoms with van der Waals surface area (Å²) in [7, 11) is 3.86. The highest BCUT2D eigenvalue weighted by Crippen LogP contribution is 2.35. The molecule has 3 rings (SSSR count). The number of aliphatic hydroxyl groups is 3. The van der Waals surface area contributed by atoms with Crippen LogP contribution in [0.15, 0.2) is 36.2 Å². The first-order chi connectivity index (χ1) is 13.2. The average molecular weight is 391 g/mol. The zero-order valence-corrected chi connectivity index (χ0v) is 15.9. The first kappa shape index (κ1) is 20.1. The van der Waals surface area contributed by atoms with E-state index in [9.17, 15) is 20.1 Å². The van der Waals surface area contributed by atoms with Crippen LogP contribution >= 0.6 is 0 Å². The Morgan fingerprint density at radius 1 is 1.36 bits per heavy atom. The van der Waals surface area contributed by atoms with E-state index in [0.29, 0.717) is 0 Å². The summed E-state index contributed by atoms with van der Waals surface area (Å²) in [5.74, 6) is -2.02. The van der Waals surface area contributed by atoms with E-state index in [1.807, 2.05) is 43.4 Å². The average Bonchev–Trinajstić information content (AvgIpc) is 3.09. The Hall–Kier alpha value is -2.62. The lowest BCUT2D eigenvalue weighted by atomic mass is 9.87. The highest BCUT2D eigenvalue weighted by molar-refractivity contribution is 5.85. The SMILES string of the molecule is C[C@H]1[C@H](C(O)C(O)CO)OC(C(=O)O)=C[C@@H]1n1cc2ccc(N(C)C)cc2n1. The third-order valence-electron chi connectivity index (χ3n) is 5.10. The van der Waals surface area contributed by atoms with Gasteiger partial charge in [0.2, 0.25) is 5.76 Å². The van der Waals surface area contributed by atoms with Crippen molar-refractivity contribution in [2.75, 3.05) is 25.6 Å². The van der Waals surface area contributed by atoms with Gasteiger partial charge >= 0.3 is 5.97 Å². The van der Waals surface area contributed by atoms with Gasteiger partial charge in [-0.05, 0) is 24.3 Å². The third-order valence-corrected chi connectivity index (χ3v) is 5.10. The van der Waals surface area contributed by atoms with E-state index < -0.39 is 42.8 Å². The van der Waals surface area contributed by atoms with Gasteiger partial charge in [0.25, 0.3) is 0 Å². The Balaban J connectivity index is 2.01. The van der Waals surface area contributed by atoms with Crippen LogP contribution in [-0.2, 0) is 9.53 Å². The molecule has 2 heterocycles. The van der Waals surface area contributed by atoms with Gasteiger partial charge in [0.05, 0.1) is 18.2 Å². The lowest BCUT2D eigenvalue weighted by Crippen LogP contribution is -2.48. The number of fused-ring (bicyclic) bond motifs is 1. The molecule has 9 nitrogen and oxygen atoms in total. The number of nitrogens with zero attached hydrogens (tertiary/aromatic N) is 3. The molecule has 0 aliphatic carbocycles. The second-order valence-electron chi connectivity index (χ2n) is 7.26. The number of allylic oxidation sites excluding steroid dienone is 1. The zero-order chi connectivity index (χ0) is 20.6. The lowest BCUT2D eigenvalue weighted by Gasteiger charge is -2.38. The van der Waals surface area contributed by atoms with Crippen LogP contribution in [-0.4, -0.2) is 75.2 Å². The molecule has 4 N–H and O–H groups in total. The predicted molar refractivity (Wildman–Crippen MR) is 102 cm³/mol. The maximum Gasteiger partial charge on any atom is 0.370 e. The Kier molecular flexibility index (Phi) is 5.59. The number of hydrogen-bond donors (Lipinski definition) is 4. The van der Waals surface area contributed by atoms with Gasteiger partial charge in [0.15, 0.2) is 0 Å². The largest absolute Gasteiger partial charge is 0.480 e. The van der Waals surface area contributed by atoms with E-state index in [1.54, 1.807) is 11.6 Å². The van der Waals surface area contributed by atoms with Crippen molar-refractivity contribution in [3.05, 3.63) is 36.2 Å². The molecule has 2 unspecified atom stereocenters. The molecule has 1 aliphatic rings. The van der Waals surface area contributed by atoms with Gasteiger partial charge < -0.3 is 30.1 Å². The third kappa shape index (κ3) is 3.68. The number of carboxylic acids is 1. The number of carbonyl (C=O) groups is 1. The smallest absolute Gasteiger partial charge is 0.370 e. The van der Waals surface area contributed by atoms with Gasteiger partial charge in [0, 0.05) is 37.3 Å². The lowest BCUT2D eigenvalue weighted by molar-refractivity contribution is -0.148.